The van der Waals surface area contributed by atoms with E-state index >= 15 is 0 Å². The van der Waals surface area contributed by atoms with Gasteiger partial charge in [-0.3, -0.25) is 0 Å². The van der Waals surface area contributed by atoms with Gasteiger partial charge in [0.15, 0.2) is 0 Å². The first-order valence-electron chi connectivity index (χ1n) is 6.05. The summed E-state index contributed by atoms with van der Waals surface area (Å²) >= 11 is 0. The Morgan fingerprint density at radius 1 is 1.27 bits per heavy atom. The van der Waals surface area contributed by atoms with Gasteiger partial charge < -0.3 is 10.2 Å². The molecule has 0 aliphatic heterocycles. The minimum Gasteiger partial charge on any atom is -0.389 e. The lowest BCUT2D eigenvalue weighted by Gasteiger charge is -2.21. The van der Waals surface area contributed by atoms with E-state index in [-0.39, 0.29) is 0 Å². The molecule has 0 aromatic carbocycles. The number of rotatable bonds is 8. The van der Waals surface area contributed by atoms with Crippen LogP contribution in [0, 0.1) is 5.92 Å². The Hall–Kier alpha value is -0.500. The van der Waals surface area contributed by atoms with Crippen LogP contribution < -0.4 is 5.32 Å². The van der Waals surface area contributed by atoms with Gasteiger partial charge in [-0.05, 0) is 46.2 Å². The van der Waals surface area contributed by atoms with Crippen LogP contribution in [0.25, 0.3) is 0 Å². The summed E-state index contributed by atoms with van der Waals surface area (Å²) in [5.41, 5.74) is 1.18. The van der Waals surface area contributed by atoms with Gasteiger partial charge in [0.2, 0.25) is 0 Å². The van der Waals surface area contributed by atoms with Crippen LogP contribution >= 0.6 is 0 Å². The summed E-state index contributed by atoms with van der Waals surface area (Å²) in [4.78, 5) is 2.37. The largest absolute Gasteiger partial charge is 0.389 e. The molecule has 0 fully saturated rings. The molecule has 0 aliphatic rings. The summed E-state index contributed by atoms with van der Waals surface area (Å²) < 4.78 is 0. The lowest BCUT2D eigenvalue weighted by molar-refractivity contribution is 0.270. The number of hydrogen-bond donors (Lipinski definition) is 1. The van der Waals surface area contributed by atoms with Crippen LogP contribution in [0.15, 0.2) is 12.3 Å². The zero-order valence-electron chi connectivity index (χ0n) is 11.1. The van der Waals surface area contributed by atoms with Crippen LogP contribution in [0.3, 0.4) is 0 Å². The molecule has 0 heterocycles. The fourth-order valence-electron chi connectivity index (χ4n) is 1.42. The Kier molecular flexibility index (Phi) is 7.49. The van der Waals surface area contributed by atoms with Crippen molar-refractivity contribution in [1.82, 2.24) is 10.2 Å². The normalized spacial score (nSPS) is 11.5. The van der Waals surface area contributed by atoms with Crippen molar-refractivity contribution in [3.63, 3.8) is 0 Å². The van der Waals surface area contributed by atoms with Gasteiger partial charge >= 0.3 is 0 Å². The number of nitrogens with zero attached hydrogens (tertiary/aromatic N) is 1. The standard InChI is InChI=1S/C13H28N2/c1-11(2)10-13(5)14-8-7-9-15(6)12(3)4/h11-12,14H,5,7-10H2,1-4,6H3. The van der Waals surface area contributed by atoms with E-state index in [1.807, 2.05) is 0 Å². The van der Waals surface area contributed by atoms with Crippen molar-refractivity contribution in [1.29, 1.82) is 0 Å². The van der Waals surface area contributed by atoms with Crippen LogP contribution in [0.2, 0.25) is 0 Å². The van der Waals surface area contributed by atoms with Crippen molar-refractivity contribution in [3.8, 4) is 0 Å². The fourth-order valence-corrected chi connectivity index (χ4v) is 1.42. The molecule has 0 aromatic rings. The first-order chi connectivity index (χ1) is 6.93. The Morgan fingerprint density at radius 3 is 2.33 bits per heavy atom. The van der Waals surface area contributed by atoms with Crippen molar-refractivity contribution < 1.29 is 0 Å². The average molecular weight is 212 g/mol. The minimum absolute atomic E-state index is 0.642. The minimum atomic E-state index is 0.642. The second-order valence-corrected chi connectivity index (χ2v) is 5.06. The molecule has 1 N–H and O–H groups in total. The zero-order valence-corrected chi connectivity index (χ0v) is 11.1. The van der Waals surface area contributed by atoms with Crippen LogP contribution in [0.4, 0.5) is 0 Å². The van der Waals surface area contributed by atoms with Crippen molar-refractivity contribution in [2.45, 2.75) is 46.6 Å². The lowest BCUT2D eigenvalue weighted by atomic mass is 10.1. The first-order valence-corrected chi connectivity index (χ1v) is 6.05. The maximum absolute atomic E-state index is 4.02. The third kappa shape index (κ3) is 8.49. The highest BCUT2D eigenvalue weighted by molar-refractivity contribution is 4.91. The molecule has 0 saturated heterocycles. The zero-order chi connectivity index (χ0) is 11.8. The molecule has 2 nitrogen and oxygen atoms in total. The highest BCUT2D eigenvalue weighted by Crippen LogP contribution is 2.05. The van der Waals surface area contributed by atoms with Crippen LogP contribution in [-0.2, 0) is 0 Å². The SMILES string of the molecule is C=C(CC(C)C)NCCCN(C)C(C)C. The predicted octanol–water partition coefficient (Wildman–Crippen LogP) is 2.87. The van der Waals surface area contributed by atoms with E-state index in [0.717, 1.165) is 19.5 Å². The molecule has 15 heavy (non-hydrogen) atoms. The van der Waals surface area contributed by atoms with Gasteiger partial charge in [0.05, 0.1) is 0 Å². The second kappa shape index (κ2) is 7.75. The topological polar surface area (TPSA) is 15.3 Å². The number of allylic oxidation sites excluding steroid dienone is 1. The van der Waals surface area contributed by atoms with E-state index < -0.39 is 0 Å². The third-order valence-corrected chi connectivity index (χ3v) is 2.60. The number of hydrogen-bond acceptors (Lipinski definition) is 2. The van der Waals surface area contributed by atoms with E-state index in [0.29, 0.717) is 12.0 Å². The molecule has 0 rings (SSSR count). The van der Waals surface area contributed by atoms with Crippen LogP contribution in [-0.4, -0.2) is 31.1 Å². The Morgan fingerprint density at radius 2 is 1.87 bits per heavy atom. The average Bonchev–Trinajstić information content (AvgIpc) is 2.10. The highest BCUT2D eigenvalue weighted by atomic mass is 15.1. The predicted molar refractivity (Wildman–Crippen MR) is 69.0 cm³/mol. The third-order valence-electron chi connectivity index (χ3n) is 2.60. The van der Waals surface area contributed by atoms with Crippen LogP contribution in [0.1, 0.15) is 40.5 Å². The Balaban J connectivity index is 3.42. The van der Waals surface area contributed by atoms with E-state index in [1.54, 1.807) is 0 Å². The molecule has 90 valence electrons. The van der Waals surface area contributed by atoms with E-state index in [1.165, 1.54) is 12.1 Å². The molecule has 0 radical (unpaired) electrons. The van der Waals surface area contributed by atoms with Gasteiger partial charge in [-0.25, -0.2) is 0 Å². The molecule has 0 bridgehead atoms. The molecular weight excluding hydrogens is 184 g/mol. The molecular formula is C13H28N2. The van der Waals surface area contributed by atoms with E-state index in [2.05, 4.69) is 51.5 Å². The van der Waals surface area contributed by atoms with Gasteiger partial charge in [-0.15, -0.1) is 0 Å². The van der Waals surface area contributed by atoms with Gasteiger partial charge in [0.1, 0.15) is 0 Å². The second-order valence-electron chi connectivity index (χ2n) is 5.06. The van der Waals surface area contributed by atoms with Gasteiger partial charge in [0, 0.05) is 18.3 Å². The van der Waals surface area contributed by atoms with Crippen LogP contribution in [0.5, 0.6) is 0 Å². The summed E-state index contributed by atoms with van der Waals surface area (Å²) in [6.45, 7) is 15.1. The molecule has 0 aromatic heterocycles. The molecule has 0 saturated carbocycles. The summed E-state index contributed by atoms with van der Waals surface area (Å²) in [5, 5.41) is 3.39. The van der Waals surface area contributed by atoms with Gasteiger partial charge in [0.25, 0.3) is 0 Å². The summed E-state index contributed by atoms with van der Waals surface area (Å²) in [6, 6.07) is 0.642. The molecule has 0 spiro atoms. The maximum atomic E-state index is 4.02. The Bertz CT molecular complexity index is 173. The first kappa shape index (κ1) is 14.5. The number of nitrogens with one attached hydrogen (secondary N) is 1. The molecule has 0 amide bonds. The van der Waals surface area contributed by atoms with Crippen molar-refractivity contribution in [2.24, 2.45) is 5.92 Å². The molecule has 0 atom stereocenters. The molecule has 2 heteroatoms. The van der Waals surface area contributed by atoms with Gasteiger partial charge in [-0.2, -0.15) is 0 Å². The highest BCUT2D eigenvalue weighted by Gasteiger charge is 2.02. The maximum Gasteiger partial charge on any atom is 0.0155 e. The van der Waals surface area contributed by atoms with Crippen molar-refractivity contribution in [2.75, 3.05) is 20.1 Å². The smallest absolute Gasteiger partial charge is 0.0155 e. The summed E-state index contributed by atoms with van der Waals surface area (Å²) in [6.07, 6.45) is 2.27. The van der Waals surface area contributed by atoms with Crippen molar-refractivity contribution >= 4 is 0 Å². The quantitative estimate of drug-likeness (QED) is 0.622. The fraction of sp³-hybridized carbons (Fsp3) is 0.846. The van der Waals surface area contributed by atoms with E-state index in [9.17, 15) is 0 Å². The monoisotopic (exact) mass is 212 g/mol. The summed E-state index contributed by atoms with van der Waals surface area (Å²) in [7, 11) is 2.17. The van der Waals surface area contributed by atoms with Gasteiger partial charge in [-0.1, -0.05) is 20.4 Å². The molecule has 0 unspecified atom stereocenters. The van der Waals surface area contributed by atoms with E-state index in [4.69, 9.17) is 0 Å². The van der Waals surface area contributed by atoms with Crippen molar-refractivity contribution in [3.05, 3.63) is 12.3 Å². The summed E-state index contributed by atoms with van der Waals surface area (Å²) in [5.74, 6) is 0.698. The lowest BCUT2D eigenvalue weighted by Crippen LogP contribution is -2.29. The molecule has 0 aliphatic carbocycles. The Labute approximate surface area is 95.7 Å².